The first-order valence-corrected chi connectivity index (χ1v) is 3.81. The fourth-order valence-electron chi connectivity index (χ4n) is 0.976. The first-order valence-electron chi connectivity index (χ1n) is 3.81. The summed E-state index contributed by atoms with van der Waals surface area (Å²) in [5.41, 5.74) is 0.981. The summed E-state index contributed by atoms with van der Waals surface area (Å²) in [5.74, 6) is 0. The number of benzene rings is 1. The predicted octanol–water partition coefficient (Wildman–Crippen LogP) is -1.50. The van der Waals surface area contributed by atoms with Crippen LogP contribution in [0.5, 0.6) is 0 Å². The normalized spacial score (nSPS) is 10.5. The molecule has 1 aromatic carbocycles. The molecule has 0 amide bonds. The monoisotopic (exact) mass is 205 g/mol. The van der Waals surface area contributed by atoms with Crippen molar-refractivity contribution in [3.8, 4) is 0 Å². The van der Waals surface area contributed by atoms with E-state index in [1.54, 1.807) is 7.05 Å². The molecule has 0 saturated carbocycles. The molecule has 72 valence electrons. The molecule has 1 aromatic rings. The Bertz CT molecular complexity index is 297. The standard InChI is InChI=1S/C8H11N3O2.Na.H/c1-10(11(13)9-12)7-8-5-3-2-4-6-8;;/h2-6,12H,7H2,1H3;;/q;+1;-1. The Morgan fingerprint density at radius 3 is 2.57 bits per heavy atom. The van der Waals surface area contributed by atoms with Gasteiger partial charge in [-0.1, -0.05) is 30.3 Å². The Balaban J connectivity index is 0. The fraction of sp³-hybridized carbons (Fsp3) is 0.250. The first-order chi connectivity index (χ1) is 6.24. The van der Waals surface area contributed by atoms with Gasteiger partial charge in [0.15, 0.2) is 0 Å². The Morgan fingerprint density at radius 1 is 1.50 bits per heavy atom. The van der Waals surface area contributed by atoms with E-state index < -0.39 is 0 Å². The molecular weight excluding hydrogens is 193 g/mol. The smallest absolute Gasteiger partial charge is 1.00 e. The van der Waals surface area contributed by atoms with Crippen LogP contribution < -0.4 is 29.6 Å². The van der Waals surface area contributed by atoms with Crippen LogP contribution in [0.3, 0.4) is 0 Å². The maximum absolute atomic E-state index is 10.7. The second-order valence-corrected chi connectivity index (χ2v) is 2.64. The molecule has 0 atom stereocenters. The van der Waals surface area contributed by atoms with Crippen LogP contribution in [0.25, 0.3) is 0 Å². The predicted molar refractivity (Wildman–Crippen MR) is 46.9 cm³/mol. The maximum atomic E-state index is 10.7. The summed E-state index contributed by atoms with van der Waals surface area (Å²) < 4.78 is 0. The van der Waals surface area contributed by atoms with Gasteiger partial charge in [0, 0.05) is 0 Å². The van der Waals surface area contributed by atoms with Gasteiger partial charge in [0.25, 0.3) is 0 Å². The molecule has 0 spiro atoms. The summed E-state index contributed by atoms with van der Waals surface area (Å²) in [5, 5.41) is 22.7. The maximum Gasteiger partial charge on any atom is 1.00 e. The van der Waals surface area contributed by atoms with Crippen molar-refractivity contribution in [3.63, 3.8) is 0 Å². The number of hydrazine groups is 1. The molecular formula is C8H12N3NaO2. The van der Waals surface area contributed by atoms with Gasteiger partial charge in [-0.25, -0.2) is 0 Å². The molecule has 0 fully saturated rings. The zero-order valence-corrected chi connectivity index (χ0v) is 10.3. The molecule has 0 aromatic heterocycles. The molecule has 0 saturated heterocycles. The molecule has 0 bridgehead atoms. The van der Waals surface area contributed by atoms with E-state index in [4.69, 9.17) is 5.21 Å². The quantitative estimate of drug-likeness (QED) is 0.283. The summed E-state index contributed by atoms with van der Waals surface area (Å²) >= 11 is 0. The number of hydrogen-bond acceptors (Lipinski definition) is 2. The van der Waals surface area contributed by atoms with Gasteiger partial charge < -0.3 is 11.8 Å². The van der Waals surface area contributed by atoms with Gasteiger partial charge in [0.05, 0.1) is 12.0 Å². The number of nitrogens with zero attached hydrogens (tertiary/aromatic N) is 3. The minimum absolute atomic E-state index is 0. The Labute approximate surface area is 106 Å². The van der Waals surface area contributed by atoms with Crippen molar-refractivity contribution in [1.29, 1.82) is 0 Å². The zero-order chi connectivity index (χ0) is 9.68. The van der Waals surface area contributed by atoms with Gasteiger partial charge in [0.2, 0.25) is 5.28 Å². The Hall–Kier alpha value is -0.780. The Morgan fingerprint density at radius 2 is 2.07 bits per heavy atom. The van der Waals surface area contributed by atoms with E-state index in [1.165, 1.54) is 5.01 Å². The molecule has 0 unspecified atom stereocenters. The molecule has 1 N–H and O–H groups in total. The van der Waals surface area contributed by atoms with Gasteiger partial charge in [0.1, 0.15) is 6.54 Å². The first kappa shape index (κ1) is 13.2. The number of hydrogen-bond donors (Lipinski definition) is 1. The summed E-state index contributed by atoms with van der Waals surface area (Å²) in [7, 11) is 1.54. The minimum atomic E-state index is 0. The van der Waals surface area contributed by atoms with Crippen LogP contribution in [0.4, 0.5) is 0 Å². The van der Waals surface area contributed by atoms with Gasteiger partial charge in [-0.05, 0) is 5.56 Å². The van der Waals surface area contributed by atoms with E-state index in [1.807, 2.05) is 30.3 Å². The second-order valence-electron chi connectivity index (χ2n) is 2.64. The van der Waals surface area contributed by atoms with Crippen LogP contribution in [0.2, 0.25) is 0 Å². The van der Waals surface area contributed by atoms with Crippen LogP contribution in [0.15, 0.2) is 35.6 Å². The van der Waals surface area contributed by atoms with Gasteiger partial charge >= 0.3 is 29.6 Å². The van der Waals surface area contributed by atoms with Crippen molar-refractivity contribution in [3.05, 3.63) is 41.1 Å². The van der Waals surface area contributed by atoms with Crippen LogP contribution in [-0.4, -0.2) is 22.2 Å². The summed E-state index contributed by atoms with van der Waals surface area (Å²) in [6, 6.07) is 9.45. The third-order valence-corrected chi connectivity index (χ3v) is 1.62. The van der Waals surface area contributed by atoms with E-state index in [0.29, 0.717) is 6.54 Å². The van der Waals surface area contributed by atoms with Crippen molar-refractivity contribution in [2.75, 3.05) is 7.05 Å². The van der Waals surface area contributed by atoms with Crippen molar-refractivity contribution in [1.82, 2.24) is 5.01 Å². The van der Waals surface area contributed by atoms with Crippen LogP contribution in [-0.2, 0) is 6.54 Å². The summed E-state index contributed by atoms with van der Waals surface area (Å²) in [4.78, 5) is 0.132. The Kier molecular flexibility index (Phi) is 6.27. The molecule has 0 aliphatic heterocycles. The van der Waals surface area contributed by atoms with E-state index in [2.05, 4.69) is 5.28 Å². The van der Waals surface area contributed by atoms with Crippen molar-refractivity contribution < 1.29 is 41.2 Å². The van der Waals surface area contributed by atoms with E-state index in [9.17, 15) is 5.21 Å². The van der Waals surface area contributed by atoms with Crippen molar-refractivity contribution in [2.45, 2.75) is 6.54 Å². The van der Waals surface area contributed by atoms with E-state index in [-0.39, 0.29) is 36.0 Å². The summed E-state index contributed by atoms with van der Waals surface area (Å²) in [6.07, 6.45) is 0. The third kappa shape index (κ3) is 3.95. The topological polar surface area (TPSA) is 61.9 Å². The average molecular weight is 205 g/mol. The zero-order valence-electron chi connectivity index (χ0n) is 9.29. The van der Waals surface area contributed by atoms with E-state index in [0.717, 1.165) is 5.56 Å². The van der Waals surface area contributed by atoms with Gasteiger partial charge in [-0.3, -0.25) is 0 Å². The molecule has 0 aliphatic carbocycles. The summed E-state index contributed by atoms with van der Waals surface area (Å²) in [6.45, 7) is 0.411. The number of rotatable bonds is 3. The van der Waals surface area contributed by atoms with Crippen LogP contribution in [0.1, 0.15) is 6.99 Å². The second kappa shape index (κ2) is 6.64. The van der Waals surface area contributed by atoms with Gasteiger partial charge in [-0.15, -0.1) is 5.01 Å². The molecule has 0 radical (unpaired) electrons. The molecule has 0 heterocycles. The van der Waals surface area contributed by atoms with Crippen molar-refractivity contribution in [2.24, 2.45) is 5.28 Å². The van der Waals surface area contributed by atoms with Crippen molar-refractivity contribution >= 4 is 0 Å². The average Bonchev–Trinajstić information content (AvgIpc) is 2.18. The third-order valence-electron chi connectivity index (χ3n) is 1.62. The fourth-order valence-corrected chi connectivity index (χ4v) is 0.976. The minimum Gasteiger partial charge on any atom is -1.00 e. The van der Waals surface area contributed by atoms with Crippen LogP contribution in [0, 0.1) is 5.21 Å². The SMILES string of the molecule is CN(Cc1ccccc1)[N+]([O-])=NO.[H-].[Na+]. The van der Waals surface area contributed by atoms with Crippen LogP contribution >= 0.6 is 0 Å². The molecule has 6 heteroatoms. The molecule has 5 nitrogen and oxygen atoms in total. The van der Waals surface area contributed by atoms with E-state index >= 15 is 0 Å². The molecule has 0 aliphatic rings. The molecule has 1 rings (SSSR count). The largest absolute Gasteiger partial charge is 1.00 e. The molecule has 14 heavy (non-hydrogen) atoms. The van der Waals surface area contributed by atoms with Gasteiger partial charge in [-0.2, -0.15) is 0 Å².